The smallest absolute Gasteiger partial charge is 0.260 e. The van der Waals surface area contributed by atoms with Crippen molar-refractivity contribution in [1.29, 1.82) is 0 Å². The number of nitrogen functional groups attached to an aromatic ring is 1. The van der Waals surface area contributed by atoms with Crippen LogP contribution < -0.4 is 10.5 Å². The van der Waals surface area contributed by atoms with E-state index in [1.807, 2.05) is 13.8 Å². The van der Waals surface area contributed by atoms with Crippen LogP contribution in [0.4, 0.5) is 5.69 Å². The molecule has 94 valence electrons. The van der Waals surface area contributed by atoms with Gasteiger partial charge in [-0.05, 0) is 26.0 Å². The van der Waals surface area contributed by atoms with E-state index in [1.54, 1.807) is 30.1 Å². The highest BCUT2D eigenvalue weighted by molar-refractivity contribution is 6.32. The van der Waals surface area contributed by atoms with Gasteiger partial charge in [0.05, 0.1) is 10.7 Å². The fourth-order valence-electron chi connectivity index (χ4n) is 1.20. The first-order valence-corrected chi connectivity index (χ1v) is 5.73. The van der Waals surface area contributed by atoms with Gasteiger partial charge in [-0.15, -0.1) is 0 Å². The molecule has 1 amide bonds. The number of halogens is 1. The van der Waals surface area contributed by atoms with Crippen molar-refractivity contribution in [3.05, 3.63) is 23.2 Å². The largest absolute Gasteiger partial charge is 0.480 e. The number of carbonyl (C=O) groups excluding carboxylic acids is 1. The summed E-state index contributed by atoms with van der Waals surface area (Å²) in [4.78, 5) is 13.3. The summed E-state index contributed by atoms with van der Waals surface area (Å²) >= 11 is 5.93. The highest BCUT2D eigenvalue weighted by Crippen LogP contribution is 2.30. The molecule has 0 radical (unpaired) electrons. The normalized spacial score (nSPS) is 10.4. The Hall–Kier alpha value is -1.42. The van der Waals surface area contributed by atoms with Crippen LogP contribution in [-0.2, 0) is 4.79 Å². The number of ether oxygens (including phenoxy) is 1. The van der Waals surface area contributed by atoms with E-state index >= 15 is 0 Å². The molecular weight excluding hydrogens is 240 g/mol. The van der Waals surface area contributed by atoms with Gasteiger partial charge in [-0.2, -0.15) is 0 Å². The molecule has 4 nitrogen and oxygen atoms in total. The zero-order valence-corrected chi connectivity index (χ0v) is 11.0. The molecule has 0 bridgehead atoms. The van der Waals surface area contributed by atoms with E-state index in [2.05, 4.69) is 0 Å². The number of amides is 1. The Labute approximate surface area is 106 Å². The molecule has 0 atom stereocenters. The van der Waals surface area contributed by atoms with Gasteiger partial charge < -0.3 is 15.4 Å². The molecule has 2 N–H and O–H groups in total. The van der Waals surface area contributed by atoms with Crippen LogP contribution in [0.3, 0.4) is 0 Å². The van der Waals surface area contributed by atoms with Gasteiger partial charge in [0.1, 0.15) is 0 Å². The van der Waals surface area contributed by atoms with Crippen molar-refractivity contribution in [2.75, 3.05) is 19.4 Å². The van der Waals surface area contributed by atoms with Gasteiger partial charge in [-0.1, -0.05) is 17.7 Å². The lowest BCUT2D eigenvalue weighted by Crippen LogP contribution is -2.36. The van der Waals surface area contributed by atoms with E-state index in [0.717, 1.165) is 0 Å². The molecule has 0 aromatic heterocycles. The van der Waals surface area contributed by atoms with Crippen LogP contribution >= 0.6 is 11.6 Å². The lowest BCUT2D eigenvalue weighted by Gasteiger charge is -2.21. The molecule has 0 saturated heterocycles. The minimum atomic E-state index is -0.112. The first kappa shape index (κ1) is 13.6. The van der Waals surface area contributed by atoms with Gasteiger partial charge >= 0.3 is 0 Å². The fraction of sp³-hybridized carbons (Fsp3) is 0.417. The van der Waals surface area contributed by atoms with Crippen LogP contribution in [0.25, 0.3) is 0 Å². The van der Waals surface area contributed by atoms with Crippen LogP contribution in [0.2, 0.25) is 5.02 Å². The summed E-state index contributed by atoms with van der Waals surface area (Å²) in [5, 5.41) is 0.407. The number of hydrogen-bond acceptors (Lipinski definition) is 3. The van der Waals surface area contributed by atoms with Crippen LogP contribution in [0, 0.1) is 0 Å². The van der Waals surface area contributed by atoms with Crippen molar-refractivity contribution in [1.82, 2.24) is 4.90 Å². The van der Waals surface area contributed by atoms with Gasteiger partial charge in [-0.3, -0.25) is 4.79 Å². The molecule has 0 heterocycles. The summed E-state index contributed by atoms with van der Waals surface area (Å²) < 4.78 is 5.35. The Balaban J connectivity index is 2.65. The third kappa shape index (κ3) is 3.53. The Morgan fingerprint density at radius 3 is 2.71 bits per heavy atom. The molecule has 0 spiro atoms. The lowest BCUT2D eigenvalue weighted by molar-refractivity contribution is -0.133. The summed E-state index contributed by atoms with van der Waals surface area (Å²) in [6.45, 7) is 3.80. The predicted octanol–water partition coefficient (Wildman–Crippen LogP) is 2.17. The highest BCUT2D eigenvalue weighted by Gasteiger charge is 2.14. The molecule has 1 aromatic rings. The van der Waals surface area contributed by atoms with E-state index in [4.69, 9.17) is 22.1 Å². The van der Waals surface area contributed by atoms with Crippen molar-refractivity contribution in [3.8, 4) is 5.75 Å². The topological polar surface area (TPSA) is 55.6 Å². The van der Waals surface area contributed by atoms with E-state index < -0.39 is 0 Å². The zero-order chi connectivity index (χ0) is 13.0. The Kier molecular flexibility index (Phi) is 4.63. The third-order valence-corrected chi connectivity index (χ3v) is 2.80. The van der Waals surface area contributed by atoms with E-state index in [0.29, 0.717) is 16.5 Å². The number of likely N-dealkylation sites (N-methyl/N-ethyl adjacent to an activating group) is 1. The Morgan fingerprint density at radius 1 is 1.53 bits per heavy atom. The number of para-hydroxylation sites is 1. The quantitative estimate of drug-likeness (QED) is 0.840. The van der Waals surface area contributed by atoms with E-state index in [9.17, 15) is 4.79 Å². The average molecular weight is 257 g/mol. The van der Waals surface area contributed by atoms with Crippen molar-refractivity contribution >= 4 is 23.2 Å². The third-order valence-electron chi connectivity index (χ3n) is 2.51. The number of benzene rings is 1. The molecule has 1 rings (SSSR count). The molecular formula is C12H17ClN2O2. The van der Waals surface area contributed by atoms with E-state index in [-0.39, 0.29) is 18.6 Å². The molecule has 0 aliphatic rings. The average Bonchev–Trinajstić information content (AvgIpc) is 2.26. The first-order valence-electron chi connectivity index (χ1n) is 5.36. The maximum absolute atomic E-state index is 11.7. The van der Waals surface area contributed by atoms with Crippen LogP contribution in [0.5, 0.6) is 5.75 Å². The minimum absolute atomic E-state index is 0.0669. The summed E-state index contributed by atoms with van der Waals surface area (Å²) in [5.41, 5.74) is 6.14. The van der Waals surface area contributed by atoms with Crippen molar-refractivity contribution < 1.29 is 9.53 Å². The van der Waals surface area contributed by atoms with Crippen LogP contribution in [0.15, 0.2) is 18.2 Å². The molecule has 17 heavy (non-hydrogen) atoms. The number of nitrogens with two attached hydrogens (primary N) is 1. The van der Waals surface area contributed by atoms with Crippen molar-refractivity contribution in [2.24, 2.45) is 0 Å². The molecule has 0 fully saturated rings. The summed E-state index contributed by atoms with van der Waals surface area (Å²) in [6.07, 6.45) is 0. The molecule has 0 aliphatic heterocycles. The number of carbonyl (C=O) groups is 1. The number of anilines is 1. The number of rotatable bonds is 4. The lowest BCUT2D eigenvalue weighted by atomic mass is 10.3. The van der Waals surface area contributed by atoms with Gasteiger partial charge in [0.15, 0.2) is 12.4 Å². The second kappa shape index (κ2) is 5.77. The predicted molar refractivity (Wildman–Crippen MR) is 69.3 cm³/mol. The fourth-order valence-corrected chi connectivity index (χ4v) is 1.44. The maximum atomic E-state index is 11.7. The Bertz CT molecular complexity index is 387. The molecule has 5 heteroatoms. The SMILES string of the molecule is CC(C)N(C)C(=O)COc1c(N)cccc1Cl. The number of hydrogen-bond donors (Lipinski definition) is 1. The zero-order valence-electron chi connectivity index (χ0n) is 10.2. The van der Waals surface area contributed by atoms with Crippen molar-refractivity contribution in [3.63, 3.8) is 0 Å². The Morgan fingerprint density at radius 2 is 2.18 bits per heavy atom. The maximum Gasteiger partial charge on any atom is 0.260 e. The van der Waals surface area contributed by atoms with Gasteiger partial charge in [0, 0.05) is 13.1 Å². The van der Waals surface area contributed by atoms with Gasteiger partial charge in [0.2, 0.25) is 0 Å². The second-order valence-electron chi connectivity index (χ2n) is 4.05. The van der Waals surface area contributed by atoms with Crippen LogP contribution in [-0.4, -0.2) is 30.5 Å². The van der Waals surface area contributed by atoms with Crippen LogP contribution in [0.1, 0.15) is 13.8 Å². The van der Waals surface area contributed by atoms with E-state index in [1.165, 1.54) is 0 Å². The highest BCUT2D eigenvalue weighted by atomic mass is 35.5. The van der Waals surface area contributed by atoms with Crippen molar-refractivity contribution in [2.45, 2.75) is 19.9 Å². The molecule has 0 saturated carbocycles. The summed E-state index contributed by atoms with van der Waals surface area (Å²) in [7, 11) is 1.73. The molecule has 1 aromatic carbocycles. The van der Waals surface area contributed by atoms with Gasteiger partial charge in [-0.25, -0.2) is 0 Å². The summed E-state index contributed by atoms with van der Waals surface area (Å²) in [5.74, 6) is 0.249. The van der Waals surface area contributed by atoms with Gasteiger partial charge in [0.25, 0.3) is 5.91 Å². The second-order valence-corrected chi connectivity index (χ2v) is 4.45. The number of nitrogens with zero attached hydrogens (tertiary/aromatic N) is 1. The first-order chi connectivity index (χ1) is 7.93. The standard InChI is InChI=1S/C12H17ClN2O2/c1-8(2)15(3)11(16)7-17-12-9(13)5-4-6-10(12)14/h4-6,8H,7,14H2,1-3H3. The summed E-state index contributed by atoms with van der Waals surface area (Å²) in [6, 6.07) is 5.21. The minimum Gasteiger partial charge on any atom is -0.480 e. The molecule has 0 aliphatic carbocycles. The monoisotopic (exact) mass is 256 g/mol. The molecule has 0 unspecified atom stereocenters.